The number of esters is 1. The van der Waals surface area contributed by atoms with Crippen LogP contribution in [0, 0.1) is 6.92 Å². The van der Waals surface area contributed by atoms with Gasteiger partial charge in [-0.25, -0.2) is 4.79 Å². The molecule has 154 valence electrons. The van der Waals surface area contributed by atoms with Crippen molar-refractivity contribution in [2.75, 3.05) is 23.5 Å². The molecule has 0 aliphatic carbocycles. The van der Waals surface area contributed by atoms with Gasteiger partial charge in [0.1, 0.15) is 0 Å². The first-order valence-corrected chi connectivity index (χ1v) is 10.6. The Hall–Kier alpha value is -3.24. The summed E-state index contributed by atoms with van der Waals surface area (Å²) < 4.78 is 5.25. The van der Waals surface area contributed by atoms with Crippen LogP contribution in [0.3, 0.4) is 0 Å². The molecule has 30 heavy (non-hydrogen) atoms. The van der Waals surface area contributed by atoms with Gasteiger partial charge in [0.2, 0.25) is 11.0 Å². The number of amides is 2. The molecular formula is C20H18N4O4S2. The first kappa shape index (κ1) is 21.5. The zero-order valence-corrected chi connectivity index (χ0v) is 17.8. The molecule has 0 spiro atoms. The van der Waals surface area contributed by atoms with Crippen molar-refractivity contribution in [3.05, 3.63) is 65.2 Å². The van der Waals surface area contributed by atoms with E-state index in [2.05, 4.69) is 20.8 Å². The number of thioether (sulfide) groups is 1. The second-order valence-corrected chi connectivity index (χ2v) is 8.27. The summed E-state index contributed by atoms with van der Waals surface area (Å²) in [6.45, 7) is 1.91. The maximum atomic E-state index is 12.3. The third kappa shape index (κ3) is 5.65. The highest BCUT2D eigenvalue weighted by Crippen LogP contribution is 2.26. The fraction of sp³-hybridized carbons (Fsp3) is 0.150. The van der Waals surface area contributed by atoms with Gasteiger partial charge in [-0.05, 0) is 31.2 Å². The van der Waals surface area contributed by atoms with Crippen molar-refractivity contribution in [3.63, 3.8) is 0 Å². The van der Waals surface area contributed by atoms with Crippen molar-refractivity contribution in [2.24, 2.45) is 0 Å². The molecule has 2 amide bonds. The molecule has 0 saturated carbocycles. The van der Waals surface area contributed by atoms with Crippen molar-refractivity contribution in [1.82, 2.24) is 10.2 Å². The molecule has 0 saturated heterocycles. The van der Waals surface area contributed by atoms with E-state index in [1.807, 2.05) is 19.1 Å². The number of aromatic nitrogens is 2. The van der Waals surface area contributed by atoms with Crippen molar-refractivity contribution in [3.8, 4) is 0 Å². The number of para-hydroxylation sites is 1. The summed E-state index contributed by atoms with van der Waals surface area (Å²) in [5.41, 5.74) is 2.16. The van der Waals surface area contributed by atoms with Crippen LogP contribution in [0.15, 0.2) is 52.9 Å². The lowest BCUT2D eigenvalue weighted by atomic mass is 10.1. The first-order valence-electron chi connectivity index (χ1n) is 8.78. The summed E-state index contributed by atoms with van der Waals surface area (Å²) in [5, 5.41) is 13.7. The van der Waals surface area contributed by atoms with Gasteiger partial charge in [0.15, 0.2) is 4.34 Å². The molecule has 10 heteroatoms. The predicted molar refractivity (Wildman–Crippen MR) is 116 cm³/mol. The molecule has 0 fully saturated rings. The van der Waals surface area contributed by atoms with Crippen LogP contribution in [-0.4, -0.2) is 40.8 Å². The van der Waals surface area contributed by atoms with Gasteiger partial charge in [0.05, 0.1) is 24.1 Å². The Balaban J connectivity index is 1.55. The Labute approximate surface area is 181 Å². The molecule has 2 N–H and O–H groups in total. The number of nitrogens with zero attached hydrogens (tertiary/aromatic N) is 2. The topological polar surface area (TPSA) is 110 Å². The molecule has 0 aliphatic heterocycles. The monoisotopic (exact) mass is 442 g/mol. The zero-order chi connectivity index (χ0) is 21.5. The van der Waals surface area contributed by atoms with Gasteiger partial charge in [-0.15, -0.1) is 10.2 Å². The van der Waals surface area contributed by atoms with Crippen LogP contribution in [0.1, 0.15) is 26.3 Å². The minimum absolute atomic E-state index is 0.0654. The van der Waals surface area contributed by atoms with E-state index in [1.54, 1.807) is 36.4 Å². The van der Waals surface area contributed by atoms with Gasteiger partial charge >= 0.3 is 5.97 Å². The van der Waals surface area contributed by atoms with Gasteiger partial charge in [0, 0.05) is 5.56 Å². The van der Waals surface area contributed by atoms with E-state index in [4.69, 9.17) is 4.74 Å². The van der Waals surface area contributed by atoms with E-state index in [1.165, 1.54) is 30.2 Å². The van der Waals surface area contributed by atoms with E-state index >= 15 is 0 Å². The van der Waals surface area contributed by atoms with Crippen LogP contribution in [0.4, 0.5) is 10.8 Å². The van der Waals surface area contributed by atoms with Crippen molar-refractivity contribution in [1.29, 1.82) is 0 Å². The van der Waals surface area contributed by atoms with Crippen LogP contribution in [0.25, 0.3) is 0 Å². The molecule has 1 heterocycles. The van der Waals surface area contributed by atoms with E-state index in [0.717, 1.165) is 5.56 Å². The highest BCUT2D eigenvalue weighted by Gasteiger charge is 2.15. The number of ether oxygens (including phenoxy) is 1. The largest absolute Gasteiger partial charge is 0.465 e. The van der Waals surface area contributed by atoms with Gasteiger partial charge < -0.3 is 10.1 Å². The SMILES string of the molecule is COC(=O)c1ccccc1NC(=O)CSc1nnc(NC(=O)c2cccc(C)c2)s1. The maximum absolute atomic E-state index is 12.3. The fourth-order valence-corrected chi connectivity index (χ4v) is 4.01. The number of aryl methyl sites for hydroxylation is 1. The van der Waals surface area contributed by atoms with Crippen LogP contribution < -0.4 is 10.6 Å². The summed E-state index contributed by atoms with van der Waals surface area (Å²) in [6.07, 6.45) is 0. The van der Waals surface area contributed by atoms with Gasteiger partial charge in [-0.3, -0.25) is 14.9 Å². The Morgan fingerprint density at radius 1 is 1.07 bits per heavy atom. The van der Waals surface area contributed by atoms with Crippen molar-refractivity contribution in [2.45, 2.75) is 11.3 Å². The average molecular weight is 443 g/mol. The molecule has 3 rings (SSSR count). The summed E-state index contributed by atoms with van der Waals surface area (Å²) in [5.74, 6) is -1.05. The summed E-state index contributed by atoms with van der Waals surface area (Å²) in [7, 11) is 1.28. The van der Waals surface area contributed by atoms with Crippen LogP contribution in [0.5, 0.6) is 0 Å². The normalized spacial score (nSPS) is 10.3. The maximum Gasteiger partial charge on any atom is 0.339 e. The van der Waals surface area contributed by atoms with Gasteiger partial charge in [-0.1, -0.05) is 52.9 Å². The quantitative estimate of drug-likeness (QED) is 0.327. The molecule has 0 radical (unpaired) electrons. The summed E-state index contributed by atoms with van der Waals surface area (Å²) >= 11 is 2.35. The minimum Gasteiger partial charge on any atom is -0.465 e. The number of hydrogen-bond donors (Lipinski definition) is 2. The smallest absolute Gasteiger partial charge is 0.339 e. The third-order valence-electron chi connectivity index (χ3n) is 3.84. The fourth-order valence-electron chi connectivity index (χ4n) is 2.47. The highest BCUT2D eigenvalue weighted by molar-refractivity contribution is 8.01. The molecule has 0 unspecified atom stereocenters. The Morgan fingerprint density at radius 3 is 2.63 bits per heavy atom. The molecule has 0 atom stereocenters. The third-order valence-corrected chi connectivity index (χ3v) is 5.81. The van der Waals surface area contributed by atoms with Gasteiger partial charge in [0.25, 0.3) is 5.91 Å². The van der Waals surface area contributed by atoms with Crippen LogP contribution in [-0.2, 0) is 9.53 Å². The second-order valence-electron chi connectivity index (χ2n) is 6.07. The van der Waals surface area contributed by atoms with E-state index in [0.29, 0.717) is 20.7 Å². The van der Waals surface area contributed by atoms with E-state index in [-0.39, 0.29) is 23.1 Å². The van der Waals surface area contributed by atoms with Crippen LogP contribution >= 0.6 is 23.1 Å². The zero-order valence-electron chi connectivity index (χ0n) is 16.2. The summed E-state index contributed by atoms with van der Waals surface area (Å²) in [6, 6.07) is 13.8. The second kappa shape index (κ2) is 9.99. The Morgan fingerprint density at radius 2 is 1.87 bits per heavy atom. The minimum atomic E-state index is -0.531. The predicted octanol–water partition coefficient (Wildman–Crippen LogP) is 3.62. The van der Waals surface area contributed by atoms with E-state index in [9.17, 15) is 14.4 Å². The Bertz CT molecular complexity index is 1080. The lowest BCUT2D eigenvalue weighted by Gasteiger charge is -2.08. The molecule has 0 aliphatic rings. The first-order chi connectivity index (χ1) is 14.5. The number of rotatable bonds is 7. The number of methoxy groups -OCH3 is 1. The molecule has 2 aromatic carbocycles. The average Bonchev–Trinajstić information content (AvgIpc) is 3.19. The molecule has 3 aromatic rings. The lowest BCUT2D eigenvalue weighted by molar-refractivity contribution is -0.113. The molecular weight excluding hydrogens is 424 g/mol. The lowest BCUT2D eigenvalue weighted by Crippen LogP contribution is -2.17. The highest BCUT2D eigenvalue weighted by atomic mass is 32.2. The number of nitrogens with one attached hydrogen (secondary N) is 2. The standard InChI is InChI=1S/C20H18N4O4S2/c1-12-6-5-7-13(10-12)17(26)22-19-23-24-20(30-19)29-11-16(25)21-15-9-4-3-8-14(15)18(27)28-2/h3-10H,11H2,1-2H3,(H,21,25)(H,22,23,26). The number of carbonyl (C=O) groups excluding carboxylic acids is 3. The number of carbonyl (C=O) groups is 3. The van der Waals surface area contributed by atoms with Crippen molar-refractivity contribution >= 4 is 51.7 Å². The molecule has 0 bridgehead atoms. The van der Waals surface area contributed by atoms with Gasteiger partial charge in [-0.2, -0.15) is 0 Å². The molecule has 8 nitrogen and oxygen atoms in total. The van der Waals surface area contributed by atoms with Crippen LogP contribution in [0.2, 0.25) is 0 Å². The molecule has 1 aromatic heterocycles. The number of anilines is 2. The summed E-state index contributed by atoms with van der Waals surface area (Å²) in [4.78, 5) is 36.3. The number of benzene rings is 2. The Kier molecular flexibility index (Phi) is 7.15. The van der Waals surface area contributed by atoms with E-state index < -0.39 is 5.97 Å². The van der Waals surface area contributed by atoms with Crippen molar-refractivity contribution < 1.29 is 19.1 Å². The number of hydrogen-bond acceptors (Lipinski definition) is 8.